The van der Waals surface area contributed by atoms with Crippen molar-refractivity contribution in [3.63, 3.8) is 0 Å². The first kappa shape index (κ1) is 13.2. The molecule has 0 spiro atoms. The monoisotopic (exact) mass is 271 g/mol. The largest absolute Gasteiger partial charge is 0.355 e. The first-order valence-corrected chi connectivity index (χ1v) is 7.00. The van der Waals surface area contributed by atoms with Crippen LogP contribution in [0.5, 0.6) is 0 Å². The second-order valence-corrected chi connectivity index (χ2v) is 4.88. The summed E-state index contributed by atoms with van der Waals surface area (Å²) in [5.41, 5.74) is 5.42. The molecule has 3 rings (SSSR count). The van der Waals surface area contributed by atoms with Crippen molar-refractivity contribution in [2.75, 3.05) is 5.32 Å². The Hall–Kier alpha value is -2.80. The van der Waals surface area contributed by atoms with Crippen molar-refractivity contribution in [2.24, 2.45) is 0 Å². The summed E-state index contributed by atoms with van der Waals surface area (Å²) in [4.78, 5) is 0. The van der Waals surface area contributed by atoms with Gasteiger partial charge < -0.3 is 5.32 Å². The normalized spacial score (nSPS) is 10.1. The average Bonchev–Trinajstić information content (AvgIpc) is 2.56. The number of nitrogens with one attached hydrogen (secondary N) is 1. The third-order valence-electron chi connectivity index (χ3n) is 3.43. The Kier molecular flexibility index (Phi) is 3.83. The second-order valence-electron chi connectivity index (χ2n) is 4.88. The Balaban J connectivity index is 1.95. The molecule has 0 radical (unpaired) electrons. The van der Waals surface area contributed by atoms with Gasteiger partial charge in [-0.25, -0.2) is 0 Å². The lowest BCUT2D eigenvalue weighted by Crippen LogP contribution is -1.96. The summed E-state index contributed by atoms with van der Waals surface area (Å²) in [6, 6.07) is 28.7. The topological polar surface area (TPSA) is 12.0 Å². The molecule has 0 fully saturated rings. The van der Waals surface area contributed by atoms with Crippen LogP contribution in [-0.2, 0) is 0 Å². The maximum Gasteiger partial charge on any atom is 0.0463 e. The predicted molar refractivity (Wildman–Crippen MR) is 90.7 cm³/mol. The van der Waals surface area contributed by atoms with E-state index in [0.29, 0.717) is 0 Å². The van der Waals surface area contributed by atoms with Crippen molar-refractivity contribution in [1.82, 2.24) is 0 Å². The number of rotatable bonds is 4. The summed E-state index contributed by atoms with van der Waals surface area (Å²) in [5.74, 6) is 0. The van der Waals surface area contributed by atoms with Crippen LogP contribution in [0.15, 0.2) is 91.5 Å². The van der Waals surface area contributed by atoms with Gasteiger partial charge in [-0.05, 0) is 29.3 Å². The molecule has 0 bridgehead atoms. The van der Waals surface area contributed by atoms with Crippen molar-refractivity contribution in [3.8, 4) is 0 Å². The summed E-state index contributed by atoms with van der Waals surface area (Å²) < 4.78 is 0. The van der Waals surface area contributed by atoms with Gasteiger partial charge in [0.05, 0.1) is 0 Å². The van der Waals surface area contributed by atoms with Crippen molar-refractivity contribution in [3.05, 3.63) is 103 Å². The van der Waals surface area contributed by atoms with Gasteiger partial charge in [-0.1, -0.05) is 73.3 Å². The lowest BCUT2D eigenvalue weighted by atomic mass is 9.98. The van der Waals surface area contributed by atoms with Crippen molar-refractivity contribution in [2.45, 2.75) is 0 Å². The molecule has 0 aromatic heterocycles. The molecule has 0 atom stereocenters. The number of benzene rings is 3. The molecule has 0 aliphatic carbocycles. The lowest BCUT2D eigenvalue weighted by Gasteiger charge is -2.14. The average molecular weight is 271 g/mol. The van der Waals surface area contributed by atoms with Crippen LogP contribution in [0.4, 0.5) is 11.4 Å². The third-order valence-corrected chi connectivity index (χ3v) is 3.43. The Morgan fingerprint density at radius 1 is 0.667 bits per heavy atom. The minimum absolute atomic E-state index is 1.02. The Morgan fingerprint density at radius 3 is 1.95 bits per heavy atom. The van der Waals surface area contributed by atoms with Gasteiger partial charge in [-0.15, -0.1) is 0 Å². The molecule has 0 unspecified atom stereocenters. The zero-order valence-electron chi connectivity index (χ0n) is 11.8. The third kappa shape index (κ3) is 3.03. The molecule has 1 heteroatoms. The molecule has 0 aliphatic rings. The SMILES string of the molecule is C=C(c1ccccc1)c1ccccc1Nc1ccccc1. The Labute approximate surface area is 125 Å². The quantitative estimate of drug-likeness (QED) is 0.661. The first-order chi connectivity index (χ1) is 10.3. The van der Waals surface area contributed by atoms with Crippen molar-refractivity contribution < 1.29 is 0 Å². The van der Waals surface area contributed by atoms with Gasteiger partial charge in [0.2, 0.25) is 0 Å². The van der Waals surface area contributed by atoms with E-state index in [1.165, 1.54) is 0 Å². The molecule has 3 aromatic carbocycles. The van der Waals surface area contributed by atoms with Gasteiger partial charge in [0.15, 0.2) is 0 Å². The summed E-state index contributed by atoms with van der Waals surface area (Å²) in [6.45, 7) is 4.26. The molecule has 1 N–H and O–H groups in total. The highest BCUT2D eigenvalue weighted by atomic mass is 14.9. The summed E-state index contributed by atoms with van der Waals surface area (Å²) in [7, 11) is 0. The highest BCUT2D eigenvalue weighted by Gasteiger charge is 2.07. The molecular formula is C20H17N. The molecule has 0 saturated carbocycles. The fraction of sp³-hybridized carbons (Fsp3) is 0. The van der Waals surface area contributed by atoms with Gasteiger partial charge in [-0.2, -0.15) is 0 Å². The molecule has 0 amide bonds. The molecule has 21 heavy (non-hydrogen) atoms. The Bertz CT molecular complexity index is 730. The van der Waals surface area contributed by atoms with Crippen LogP contribution in [0.1, 0.15) is 11.1 Å². The molecule has 0 saturated heterocycles. The van der Waals surface area contributed by atoms with Crippen LogP contribution >= 0.6 is 0 Å². The predicted octanol–water partition coefficient (Wildman–Crippen LogP) is 5.49. The zero-order valence-corrected chi connectivity index (χ0v) is 11.8. The minimum atomic E-state index is 1.02. The Morgan fingerprint density at radius 2 is 1.24 bits per heavy atom. The fourth-order valence-corrected chi connectivity index (χ4v) is 2.33. The molecule has 1 nitrogen and oxygen atoms in total. The molecule has 0 heterocycles. The summed E-state index contributed by atoms with van der Waals surface area (Å²) >= 11 is 0. The number of para-hydroxylation sites is 2. The molecule has 0 aliphatic heterocycles. The number of anilines is 2. The van der Waals surface area contributed by atoms with Gasteiger partial charge >= 0.3 is 0 Å². The van der Waals surface area contributed by atoms with Crippen molar-refractivity contribution in [1.29, 1.82) is 0 Å². The summed E-state index contributed by atoms with van der Waals surface area (Å²) in [5, 5.41) is 3.46. The van der Waals surface area contributed by atoms with Crippen LogP contribution < -0.4 is 5.32 Å². The van der Waals surface area contributed by atoms with Gasteiger partial charge in [0.25, 0.3) is 0 Å². The van der Waals surface area contributed by atoms with E-state index in [9.17, 15) is 0 Å². The second kappa shape index (κ2) is 6.10. The zero-order chi connectivity index (χ0) is 14.5. The summed E-state index contributed by atoms with van der Waals surface area (Å²) in [6.07, 6.45) is 0. The number of hydrogen-bond donors (Lipinski definition) is 1. The standard InChI is InChI=1S/C20H17N/c1-16(17-10-4-2-5-11-17)19-14-8-9-15-20(19)21-18-12-6-3-7-13-18/h2-15,21H,1H2. The van der Waals surface area contributed by atoms with Crippen LogP contribution in [0.3, 0.4) is 0 Å². The van der Waals surface area contributed by atoms with E-state index in [4.69, 9.17) is 0 Å². The lowest BCUT2D eigenvalue weighted by molar-refractivity contribution is 1.50. The maximum absolute atomic E-state index is 4.26. The van der Waals surface area contributed by atoms with E-state index in [2.05, 4.69) is 48.3 Å². The maximum atomic E-state index is 4.26. The highest BCUT2D eigenvalue weighted by Crippen LogP contribution is 2.29. The van der Waals surface area contributed by atoms with Gasteiger partial charge in [-0.3, -0.25) is 0 Å². The number of hydrogen-bond acceptors (Lipinski definition) is 1. The molecular weight excluding hydrogens is 254 g/mol. The van der Waals surface area contributed by atoms with Crippen molar-refractivity contribution >= 4 is 16.9 Å². The molecule has 3 aromatic rings. The first-order valence-electron chi connectivity index (χ1n) is 7.00. The van der Waals surface area contributed by atoms with E-state index in [1.54, 1.807) is 0 Å². The smallest absolute Gasteiger partial charge is 0.0463 e. The van der Waals surface area contributed by atoms with E-state index < -0.39 is 0 Å². The van der Waals surface area contributed by atoms with E-state index >= 15 is 0 Å². The highest BCUT2D eigenvalue weighted by molar-refractivity contribution is 5.86. The van der Waals surface area contributed by atoms with Crippen LogP contribution in [0.25, 0.3) is 5.57 Å². The fourth-order valence-electron chi connectivity index (χ4n) is 2.33. The van der Waals surface area contributed by atoms with Gasteiger partial charge in [0, 0.05) is 16.9 Å². The van der Waals surface area contributed by atoms with E-state index in [0.717, 1.165) is 28.1 Å². The van der Waals surface area contributed by atoms with Crippen LogP contribution in [-0.4, -0.2) is 0 Å². The van der Waals surface area contributed by atoms with Gasteiger partial charge in [0.1, 0.15) is 0 Å². The van der Waals surface area contributed by atoms with E-state index in [1.807, 2.05) is 48.5 Å². The van der Waals surface area contributed by atoms with Crippen LogP contribution in [0.2, 0.25) is 0 Å². The minimum Gasteiger partial charge on any atom is -0.355 e. The van der Waals surface area contributed by atoms with Crippen LogP contribution in [0, 0.1) is 0 Å². The molecule has 102 valence electrons. The van der Waals surface area contributed by atoms with E-state index in [-0.39, 0.29) is 0 Å².